The summed E-state index contributed by atoms with van der Waals surface area (Å²) in [5.41, 5.74) is 4.62. The molecule has 0 radical (unpaired) electrons. The third kappa shape index (κ3) is 6.15. The molecule has 0 saturated heterocycles. The maximum absolute atomic E-state index is 5.85. The number of aromatic nitrogens is 2. The van der Waals surface area contributed by atoms with Crippen molar-refractivity contribution in [3.63, 3.8) is 0 Å². The first-order chi connectivity index (χ1) is 14.2. The maximum Gasteiger partial charge on any atom is 0.159 e. The molecule has 1 atom stereocenters. The fraction of sp³-hybridized carbons (Fsp3) is 0.385. The van der Waals surface area contributed by atoms with Crippen molar-refractivity contribution in [2.24, 2.45) is 5.92 Å². The third-order valence-electron chi connectivity index (χ3n) is 5.34. The normalized spacial score (nSPS) is 12.0. The predicted octanol–water partition coefficient (Wildman–Crippen LogP) is 6.97. The minimum Gasteiger partial charge on any atom is -0.493 e. The van der Waals surface area contributed by atoms with Gasteiger partial charge in [-0.1, -0.05) is 76.4 Å². The van der Waals surface area contributed by atoms with Crippen LogP contribution in [0, 0.1) is 5.92 Å². The van der Waals surface area contributed by atoms with Crippen LogP contribution >= 0.6 is 0 Å². The molecule has 3 aromatic rings. The lowest BCUT2D eigenvalue weighted by Crippen LogP contribution is -2.06. The zero-order valence-corrected chi connectivity index (χ0v) is 17.9. The molecule has 0 saturated carbocycles. The van der Waals surface area contributed by atoms with Crippen molar-refractivity contribution in [3.05, 3.63) is 66.5 Å². The van der Waals surface area contributed by atoms with Gasteiger partial charge in [0.1, 0.15) is 5.75 Å². The van der Waals surface area contributed by atoms with E-state index in [0.29, 0.717) is 5.92 Å². The molecule has 0 bridgehead atoms. The van der Waals surface area contributed by atoms with Crippen molar-refractivity contribution in [2.75, 3.05) is 6.61 Å². The topological polar surface area (TPSA) is 35.0 Å². The van der Waals surface area contributed by atoms with Crippen LogP contribution < -0.4 is 4.74 Å². The molecule has 0 amide bonds. The van der Waals surface area contributed by atoms with Gasteiger partial charge in [0.25, 0.3) is 0 Å². The van der Waals surface area contributed by atoms with Crippen LogP contribution in [0.4, 0.5) is 0 Å². The van der Waals surface area contributed by atoms with Gasteiger partial charge >= 0.3 is 0 Å². The molecule has 0 unspecified atom stereocenters. The Morgan fingerprint density at radius 2 is 1.38 bits per heavy atom. The van der Waals surface area contributed by atoms with Crippen LogP contribution in [0.1, 0.15) is 52.0 Å². The van der Waals surface area contributed by atoms with Gasteiger partial charge in [0.05, 0.1) is 6.61 Å². The second kappa shape index (κ2) is 10.8. The van der Waals surface area contributed by atoms with E-state index in [2.05, 4.69) is 67.1 Å². The minimum absolute atomic E-state index is 0.579. The average Bonchev–Trinajstić information content (AvgIpc) is 2.78. The molecule has 0 aliphatic rings. The first kappa shape index (κ1) is 21.0. The van der Waals surface area contributed by atoms with Crippen LogP contribution in [0.3, 0.4) is 0 Å². The largest absolute Gasteiger partial charge is 0.493 e. The number of unbranched alkanes of at least 4 members (excludes halogenated alkanes) is 2. The minimum atomic E-state index is 0.579. The summed E-state index contributed by atoms with van der Waals surface area (Å²) in [6.45, 7) is 7.38. The molecule has 29 heavy (non-hydrogen) atoms. The fourth-order valence-electron chi connectivity index (χ4n) is 3.12. The summed E-state index contributed by atoms with van der Waals surface area (Å²) in [6.07, 6.45) is 9.82. The van der Waals surface area contributed by atoms with Gasteiger partial charge in [-0.05, 0) is 47.6 Å². The first-order valence-electron chi connectivity index (χ1n) is 10.8. The van der Waals surface area contributed by atoms with E-state index in [9.17, 15) is 0 Å². The molecule has 3 rings (SSSR count). The number of nitrogens with zero attached hydrogens (tertiary/aromatic N) is 2. The molecule has 3 heteroatoms. The van der Waals surface area contributed by atoms with Gasteiger partial charge in [-0.15, -0.1) is 0 Å². The monoisotopic (exact) mass is 388 g/mol. The highest BCUT2D eigenvalue weighted by molar-refractivity contribution is 5.68. The Kier molecular flexibility index (Phi) is 7.80. The number of aryl methyl sites for hydroxylation is 1. The van der Waals surface area contributed by atoms with Crippen molar-refractivity contribution >= 4 is 0 Å². The Bertz CT molecular complexity index is 855. The number of ether oxygens (including phenoxy) is 1. The summed E-state index contributed by atoms with van der Waals surface area (Å²) in [5, 5.41) is 0. The average molecular weight is 389 g/mol. The van der Waals surface area contributed by atoms with Crippen LogP contribution in [0.15, 0.2) is 60.9 Å². The van der Waals surface area contributed by atoms with E-state index in [-0.39, 0.29) is 0 Å². The molecular weight excluding hydrogens is 356 g/mol. The summed E-state index contributed by atoms with van der Waals surface area (Å²) in [5.74, 6) is 2.29. The van der Waals surface area contributed by atoms with Crippen LogP contribution in [0.25, 0.3) is 22.5 Å². The fourth-order valence-corrected chi connectivity index (χ4v) is 3.12. The van der Waals surface area contributed by atoms with Crippen LogP contribution in [-0.2, 0) is 6.42 Å². The lowest BCUT2D eigenvalue weighted by atomic mass is 10.0. The Morgan fingerprint density at radius 1 is 0.793 bits per heavy atom. The summed E-state index contributed by atoms with van der Waals surface area (Å²) in [4.78, 5) is 9.11. The molecular formula is C26H32N2O. The summed E-state index contributed by atoms with van der Waals surface area (Å²) in [7, 11) is 0. The predicted molar refractivity (Wildman–Crippen MR) is 121 cm³/mol. The SMILES string of the molecule is CCCCCc1cnc(-c2ccc(-c3ccc(OC[C@@H](C)CC)cc3)cc2)nc1. The first-order valence-corrected chi connectivity index (χ1v) is 10.8. The molecule has 0 aliphatic heterocycles. The Hall–Kier alpha value is -2.68. The molecule has 0 spiro atoms. The van der Waals surface area contributed by atoms with Crippen molar-refractivity contribution in [1.29, 1.82) is 0 Å². The number of benzene rings is 2. The highest BCUT2D eigenvalue weighted by atomic mass is 16.5. The van der Waals surface area contributed by atoms with E-state index in [1.165, 1.54) is 36.0 Å². The van der Waals surface area contributed by atoms with Crippen LogP contribution in [0.2, 0.25) is 0 Å². The van der Waals surface area contributed by atoms with Gasteiger partial charge in [-0.25, -0.2) is 9.97 Å². The second-order valence-corrected chi connectivity index (χ2v) is 7.80. The highest BCUT2D eigenvalue weighted by Crippen LogP contribution is 2.25. The number of hydrogen-bond acceptors (Lipinski definition) is 3. The molecule has 3 nitrogen and oxygen atoms in total. The van der Waals surface area contributed by atoms with Crippen molar-refractivity contribution in [2.45, 2.75) is 52.9 Å². The highest BCUT2D eigenvalue weighted by Gasteiger charge is 2.05. The van der Waals surface area contributed by atoms with Gasteiger partial charge in [0.2, 0.25) is 0 Å². The van der Waals surface area contributed by atoms with Gasteiger partial charge < -0.3 is 4.74 Å². The van der Waals surface area contributed by atoms with Gasteiger partial charge in [-0.2, -0.15) is 0 Å². The van der Waals surface area contributed by atoms with E-state index in [1.807, 2.05) is 24.5 Å². The Balaban J connectivity index is 1.62. The molecule has 0 aliphatic carbocycles. The lowest BCUT2D eigenvalue weighted by molar-refractivity contribution is 0.256. The summed E-state index contributed by atoms with van der Waals surface area (Å²) < 4.78 is 5.85. The Morgan fingerprint density at radius 3 is 1.97 bits per heavy atom. The lowest BCUT2D eigenvalue weighted by Gasteiger charge is -2.11. The van der Waals surface area contributed by atoms with E-state index in [4.69, 9.17) is 4.74 Å². The number of hydrogen-bond donors (Lipinski definition) is 0. The summed E-state index contributed by atoms with van der Waals surface area (Å²) in [6, 6.07) is 16.8. The molecule has 152 valence electrons. The van der Waals surface area contributed by atoms with Gasteiger partial charge in [-0.3, -0.25) is 0 Å². The zero-order valence-electron chi connectivity index (χ0n) is 17.9. The molecule has 2 aromatic carbocycles. The van der Waals surface area contributed by atoms with Crippen molar-refractivity contribution in [3.8, 4) is 28.3 Å². The van der Waals surface area contributed by atoms with E-state index < -0.39 is 0 Å². The van der Waals surface area contributed by atoms with E-state index in [1.54, 1.807) is 0 Å². The smallest absolute Gasteiger partial charge is 0.159 e. The molecule has 0 N–H and O–H groups in total. The quantitative estimate of drug-likeness (QED) is 0.352. The van der Waals surface area contributed by atoms with Gasteiger partial charge in [0, 0.05) is 18.0 Å². The van der Waals surface area contributed by atoms with E-state index in [0.717, 1.165) is 36.6 Å². The number of rotatable bonds is 10. The third-order valence-corrected chi connectivity index (χ3v) is 5.34. The molecule has 1 aromatic heterocycles. The second-order valence-electron chi connectivity index (χ2n) is 7.80. The van der Waals surface area contributed by atoms with E-state index >= 15 is 0 Å². The Labute approximate surface area is 175 Å². The standard InChI is InChI=1S/C26H32N2O/c1-4-6-7-8-21-17-27-26(28-18-21)24-11-9-22(10-12-24)23-13-15-25(16-14-23)29-19-20(3)5-2/h9-18,20H,4-8,19H2,1-3H3/t20-/m0/s1. The maximum atomic E-state index is 5.85. The van der Waals surface area contributed by atoms with Crippen LogP contribution in [0.5, 0.6) is 5.75 Å². The molecule has 0 fully saturated rings. The van der Waals surface area contributed by atoms with Crippen LogP contribution in [-0.4, -0.2) is 16.6 Å². The van der Waals surface area contributed by atoms with Gasteiger partial charge in [0.15, 0.2) is 5.82 Å². The van der Waals surface area contributed by atoms with Crippen molar-refractivity contribution in [1.82, 2.24) is 9.97 Å². The zero-order chi connectivity index (χ0) is 20.5. The molecule has 1 heterocycles. The van der Waals surface area contributed by atoms with Crippen molar-refractivity contribution < 1.29 is 4.74 Å². The summed E-state index contributed by atoms with van der Waals surface area (Å²) >= 11 is 0.